The van der Waals surface area contributed by atoms with E-state index in [1.165, 1.54) is 0 Å². The van der Waals surface area contributed by atoms with E-state index in [0.717, 1.165) is 17.5 Å². The Morgan fingerprint density at radius 1 is 1.35 bits per heavy atom. The summed E-state index contributed by atoms with van der Waals surface area (Å²) in [5.74, 6) is -0.996. The molecule has 1 aromatic rings. The van der Waals surface area contributed by atoms with Gasteiger partial charge >= 0.3 is 5.97 Å². The number of fused-ring (bicyclic) bond motifs is 1. The van der Waals surface area contributed by atoms with E-state index in [4.69, 9.17) is 9.84 Å². The van der Waals surface area contributed by atoms with E-state index in [1.807, 2.05) is 19.9 Å². The van der Waals surface area contributed by atoms with Gasteiger partial charge in [-0.25, -0.2) is 4.79 Å². The number of hydrogen-bond donors (Lipinski definition) is 1. The summed E-state index contributed by atoms with van der Waals surface area (Å²) >= 11 is 0. The molecule has 0 fully saturated rings. The second-order valence-electron chi connectivity index (χ2n) is 5.21. The van der Waals surface area contributed by atoms with Gasteiger partial charge in [-0.1, -0.05) is 6.07 Å². The van der Waals surface area contributed by atoms with Gasteiger partial charge in [-0.2, -0.15) is 0 Å². The number of nitrogens with zero attached hydrogens (tertiary/aromatic N) is 1. The van der Waals surface area contributed by atoms with Crippen molar-refractivity contribution >= 4 is 11.9 Å². The molecule has 1 aliphatic rings. The van der Waals surface area contributed by atoms with Gasteiger partial charge in [0.1, 0.15) is 6.61 Å². The molecule has 0 radical (unpaired) electrons. The molecular formula is C15H19NO4. The van der Waals surface area contributed by atoms with Gasteiger partial charge in [-0.05, 0) is 43.5 Å². The third kappa shape index (κ3) is 3.36. The molecule has 0 unspecified atom stereocenters. The molecule has 0 saturated carbocycles. The maximum atomic E-state index is 12.0. The number of benzene rings is 1. The molecule has 0 spiro atoms. The highest BCUT2D eigenvalue weighted by molar-refractivity contribution is 5.88. The fourth-order valence-electron chi connectivity index (χ4n) is 2.23. The first-order chi connectivity index (χ1) is 9.47. The first-order valence-corrected chi connectivity index (χ1v) is 6.72. The Kier molecular flexibility index (Phi) is 4.39. The molecule has 2 rings (SSSR count). The minimum absolute atomic E-state index is 0.0228. The molecule has 1 aromatic carbocycles. The molecule has 0 aromatic heterocycles. The van der Waals surface area contributed by atoms with Crippen molar-refractivity contribution in [3.05, 3.63) is 34.9 Å². The Labute approximate surface area is 118 Å². The highest BCUT2D eigenvalue weighted by Gasteiger charge is 2.21. The molecule has 0 saturated heterocycles. The molecule has 5 heteroatoms. The van der Waals surface area contributed by atoms with Crippen LogP contribution < -0.4 is 0 Å². The van der Waals surface area contributed by atoms with Crippen molar-refractivity contribution in [2.45, 2.75) is 32.9 Å². The van der Waals surface area contributed by atoms with Crippen molar-refractivity contribution in [2.75, 3.05) is 13.2 Å². The van der Waals surface area contributed by atoms with Gasteiger partial charge < -0.3 is 14.7 Å². The van der Waals surface area contributed by atoms with Crippen LogP contribution in [0.15, 0.2) is 18.2 Å². The Morgan fingerprint density at radius 2 is 2.10 bits per heavy atom. The number of carboxylic acids is 1. The normalized spacial score (nSPS) is 14.2. The minimum atomic E-state index is -0.945. The lowest BCUT2D eigenvalue weighted by molar-refractivity contribution is -0.138. The zero-order valence-electron chi connectivity index (χ0n) is 11.8. The van der Waals surface area contributed by atoms with Crippen LogP contribution in [-0.2, 0) is 22.5 Å². The predicted octanol–water partition coefficient (Wildman–Crippen LogP) is 1.69. The summed E-state index contributed by atoms with van der Waals surface area (Å²) in [5, 5.41) is 9.01. The van der Waals surface area contributed by atoms with Crippen molar-refractivity contribution in [2.24, 2.45) is 0 Å². The predicted molar refractivity (Wildman–Crippen MR) is 73.6 cm³/mol. The molecule has 0 aliphatic carbocycles. The largest absolute Gasteiger partial charge is 0.478 e. The van der Waals surface area contributed by atoms with E-state index in [0.29, 0.717) is 13.1 Å². The number of aromatic carboxylic acids is 1. The first-order valence-electron chi connectivity index (χ1n) is 6.72. The van der Waals surface area contributed by atoms with Gasteiger partial charge in [0.2, 0.25) is 5.91 Å². The van der Waals surface area contributed by atoms with E-state index in [1.54, 1.807) is 17.0 Å². The summed E-state index contributed by atoms with van der Waals surface area (Å²) in [6, 6.07) is 5.10. The van der Waals surface area contributed by atoms with Crippen LogP contribution in [0.1, 0.15) is 35.3 Å². The monoisotopic (exact) mass is 277 g/mol. The second kappa shape index (κ2) is 6.05. The topological polar surface area (TPSA) is 66.8 Å². The van der Waals surface area contributed by atoms with E-state index in [-0.39, 0.29) is 24.2 Å². The van der Waals surface area contributed by atoms with Crippen LogP contribution in [0, 0.1) is 0 Å². The Hall–Kier alpha value is -1.88. The Bertz CT molecular complexity index is 525. The molecule has 1 N–H and O–H groups in total. The fourth-order valence-corrected chi connectivity index (χ4v) is 2.23. The van der Waals surface area contributed by atoms with Crippen LogP contribution in [0.5, 0.6) is 0 Å². The van der Waals surface area contributed by atoms with Crippen molar-refractivity contribution in [1.82, 2.24) is 4.90 Å². The molecule has 0 atom stereocenters. The number of rotatable bonds is 4. The zero-order chi connectivity index (χ0) is 14.7. The van der Waals surface area contributed by atoms with Gasteiger partial charge in [0.15, 0.2) is 0 Å². The summed E-state index contributed by atoms with van der Waals surface area (Å²) in [7, 11) is 0. The summed E-state index contributed by atoms with van der Waals surface area (Å²) in [6.45, 7) is 4.96. The molecule has 20 heavy (non-hydrogen) atoms. The Balaban J connectivity index is 2.07. The molecule has 108 valence electrons. The molecule has 5 nitrogen and oxygen atoms in total. The number of carbonyl (C=O) groups excluding carboxylic acids is 1. The Morgan fingerprint density at radius 3 is 2.75 bits per heavy atom. The van der Waals surface area contributed by atoms with Crippen molar-refractivity contribution in [3.8, 4) is 0 Å². The van der Waals surface area contributed by atoms with Crippen LogP contribution >= 0.6 is 0 Å². The van der Waals surface area contributed by atoms with E-state index >= 15 is 0 Å². The first kappa shape index (κ1) is 14.5. The van der Waals surface area contributed by atoms with Crippen LogP contribution in [0.2, 0.25) is 0 Å². The maximum absolute atomic E-state index is 12.0. The summed E-state index contributed by atoms with van der Waals surface area (Å²) < 4.78 is 5.32. The second-order valence-corrected chi connectivity index (χ2v) is 5.21. The van der Waals surface area contributed by atoms with Crippen molar-refractivity contribution in [1.29, 1.82) is 0 Å². The van der Waals surface area contributed by atoms with Crippen LogP contribution in [0.25, 0.3) is 0 Å². The van der Waals surface area contributed by atoms with Crippen LogP contribution in [0.3, 0.4) is 0 Å². The van der Waals surface area contributed by atoms with Gasteiger partial charge in [0, 0.05) is 13.1 Å². The van der Waals surface area contributed by atoms with Crippen molar-refractivity contribution < 1.29 is 19.4 Å². The zero-order valence-corrected chi connectivity index (χ0v) is 11.8. The lowest BCUT2D eigenvalue weighted by Crippen LogP contribution is -2.38. The molecule has 1 aliphatic heterocycles. The number of amides is 1. The number of carboxylic acid groups (broad SMARTS) is 1. The highest BCUT2D eigenvalue weighted by atomic mass is 16.5. The maximum Gasteiger partial charge on any atom is 0.335 e. The number of hydrogen-bond acceptors (Lipinski definition) is 3. The molecule has 1 heterocycles. The average Bonchev–Trinajstić information content (AvgIpc) is 2.43. The van der Waals surface area contributed by atoms with Crippen LogP contribution in [0.4, 0.5) is 0 Å². The third-order valence-electron chi connectivity index (χ3n) is 3.36. The SMILES string of the molecule is CC(C)OCC(=O)N1CCc2ccc(C(=O)O)cc2C1. The smallest absolute Gasteiger partial charge is 0.335 e. The fraction of sp³-hybridized carbons (Fsp3) is 0.467. The van der Waals surface area contributed by atoms with Gasteiger partial charge in [-0.15, -0.1) is 0 Å². The highest BCUT2D eigenvalue weighted by Crippen LogP contribution is 2.20. The molecule has 1 amide bonds. The van der Waals surface area contributed by atoms with E-state index in [9.17, 15) is 9.59 Å². The standard InChI is InChI=1S/C15H19NO4/c1-10(2)20-9-14(17)16-6-5-11-3-4-12(15(18)19)7-13(11)8-16/h3-4,7,10H,5-6,8-9H2,1-2H3,(H,18,19). The minimum Gasteiger partial charge on any atom is -0.478 e. The number of ether oxygens (including phenoxy) is 1. The van der Waals surface area contributed by atoms with Crippen LogP contribution in [-0.4, -0.2) is 41.1 Å². The molecular weight excluding hydrogens is 258 g/mol. The third-order valence-corrected chi connectivity index (χ3v) is 3.36. The van der Waals surface area contributed by atoms with E-state index < -0.39 is 5.97 Å². The molecule has 0 bridgehead atoms. The van der Waals surface area contributed by atoms with Gasteiger partial charge in [0.25, 0.3) is 0 Å². The summed E-state index contributed by atoms with van der Waals surface area (Å²) in [4.78, 5) is 24.7. The average molecular weight is 277 g/mol. The van der Waals surface area contributed by atoms with Gasteiger partial charge in [-0.3, -0.25) is 4.79 Å². The summed E-state index contributed by atoms with van der Waals surface area (Å²) in [5.41, 5.74) is 2.29. The lowest BCUT2D eigenvalue weighted by Gasteiger charge is -2.29. The quantitative estimate of drug-likeness (QED) is 0.909. The van der Waals surface area contributed by atoms with Crippen molar-refractivity contribution in [3.63, 3.8) is 0 Å². The van der Waals surface area contributed by atoms with Gasteiger partial charge in [0.05, 0.1) is 11.7 Å². The summed E-state index contributed by atoms with van der Waals surface area (Å²) in [6.07, 6.45) is 0.775. The number of carbonyl (C=O) groups is 2. The lowest BCUT2D eigenvalue weighted by atomic mass is 9.97. The van der Waals surface area contributed by atoms with E-state index in [2.05, 4.69) is 0 Å².